The molecule has 0 saturated carbocycles. The molecule has 1 saturated heterocycles. The Labute approximate surface area is 77.1 Å². The van der Waals surface area contributed by atoms with Crippen LogP contribution in [0, 0.1) is 17.8 Å². The lowest BCUT2D eigenvalue weighted by molar-refractivity contribution is 0.112. The minimum Gasteiger partial charge on any atom is -0.303 e. The van der Waals surface area contributed by atoms with Crippen LogP contribution in [-0.4, -0.2) is 24.5 Å². The third-order valence-corrected chi connectivity index (χ3v) is 3.16. The third-order valence-electron chi connectivity index (χ3n) is 3.16. The quantitative estimate of drug-likeness (QED) is 0.614. The van der Waals surface area contributed by atoms with Gasteiger partial charge < -0.3 is 4.90 Å². The van der Waals surface area contributed by atoms with E-state index in [0.717, 1.165) is 17.8 Å². The van der Waals surface area contributed by atoms with Gasteiger partial charge in [0.15, 0.2) is 0 Å². The third kappa shape index (κ3) is 2.48. The first kappa shape index (κ1) is 10.0. The van der Waals surface area contributed by atoms with Crippen molar-refractivity contribution in [3.05, 3.63) is 0 Å². The Morgan fingerprint density at radius 2 is 2.00 bits per heavy atom. The molecule has 1 aliphatic rings. The Kier molecular flexibility index (Phi) is 3.57. The van der Waals surface area contributed by atoms with Gasteiger partial charge in [-0.1, -0.05) is 27.7 Å². The predicted octanol–water partition coefficient (Wildman–Crippen LogP) is 2.62. The van der Waals surface area contributed by atoms with Crippen LogP contribution in [0.5, 0.6) is 0 Å². The van der Waals surface area contributed by atoms with Gasteiger partial charge in [0.2, 0.25) is 0 Å². The van der Waals surface area contributed by atoms with E-state index in [0.29, 0.717) is 0 Å². The minimum atomic E-state index is 0.863. The lowest BCUT2D eigenvalue weighted by Gasteiger charge is -2.37. The van der Waals surface area contributed by atoms with Crippen LogP contribution in [-0.2, 0) is 0 Å². The standard InChI is InChI=1S/C11H23N/c1-5-12-7-10(4)6-11(8-12)9(2)3/h9-11H,5-8H2,1-4H3/t10?,11-/m1/s1. The molecule has 1 fully saturated rings. The Morgan fingerprint density at radius 3 is 2.50 bits per heavy atom. The summed E-state index contributed by atoms with van der Waals surface area (Å²) in [5.41, 5.74) is 0. The van der Waals surface area contributed by atoms with Crippen LogP contribution >= 0.6 is 0 Å². The topological polar surface area (TPSA) is 3.24 Å². The number of hydrogen-bond acceptors (Lipinski definition) is 1. The number of piperidine rings is 1. The monoisotopic (exact) mass is 169 g/mol. The summed E-state index contributed by atoms with van der Waals surface area (Å²) in [6.07, 6.45) is 1.44. The highest BCUT2D eigenvalue weighted by Gasteiger charge is 2.25. The van der Waals surface area contributed by atoms with Crippen LogP contribution in [0.1, 0.15) is 34.1 Å². The molecule has 1 rings (SSSR count). The summed E-state index contributed by atoms with van der Waals surface area (Å²) in [6, 6.07) is 0. The van der Waals surface area contributed by atoms with Gasteiger partial charge in [0.05, 0.1) is 0 Å². The molecule has 1 heteroatoms. The van der Waals surface area contributed by atoms with Crippen molar-refractivity contribution >= 4 is 0 Å². The molecule has 0 aromatic heterocycles. The van der Waals surface area contributed by atoms with Crippen molar-refractivity contribution in [2.45, 2.75) is 34.1 Å². The van der Waals surface area contributed by atoms with Gasteiger partial charge in [-0.15, -0.1) is 0 Å². The molecule has 0 aromatic rings. The van der Waals surface area contributed by atoms with Gasteiger partial charge in [-0.2, -0.15) is 0 Å². The van der Waals surface area contributed by atoms with Crippen molar-refractivity contribution in [3.63, 3.8) is 0 Å². The Bertz CT molecular complexity index is 131. The van der Waals surface area contributed by atoms with E-state index >= 15 is 0 Å². The SMILES string of the molecule is CCN1CC(C)C[C@@H](C(C)C)C1. The summed E-state index contributed by atoms with van der Waals surface area (Å²) in [4.78, 5) is 2.60. The fraction of sp³-hybridized carbons (Fsp3) is 1.00. The fourth-order valence-corrected chi connectivity index (χ4v) is 2.25. The molecule has 0 spiro atoms. The zero-order valence-corrected chi connectivity index (χ0v) is 9.01. The summed E-state index contributed by atoms with van der Waals surface area (Å²) in [5.74, 6) is 2.71. The summed E-state index contributed by atoms with van der Waals surface area (Å²) in [7, 11) is 0. The first-order chi connectivity index (χ1) is 5.63. The van der Waals surface area contributed by atoms with E-state index < -0.39 is 0 Å². The second-order valence-corrected chi connectivity index (χ2v) is 4.70. The van der Waals surface area contributed by atoms with Crippen molar-refractivity contribution < 1.29 is 0 Å². The molecular formula is C11H23N. The average molecular weight is 169 g/mol. The lowest BCUT2D eigenvalue weighted by Crippen LogP contribution is -2.41. The smallest absolute Gasteiger partial charge is 0.00122 e. The second-order valence-electron chi connectivity index (χ2n) is 4.70. The molecule has 0 amide bonds. The van der Waals surface area contributed by atoms with Gasteiger partial charge in [-0.25, -0.2) is 0 Å². The maximum atomic E-state index is 2.60. The van der Waals surface area contributed by atoms with E-state index in [1.165, 1.54) is 26.1 Å². The highest BCUT2D eigenvalue weighted by Crippen LogP contribution is 2.26. The van der Waals surface area contributed by atoms with Gasteiger partial charge in [0, 0.05) is 13.1 Å². The molecule has 1 unspecified atom stereocenters. The number of rotatable bonds is 2. The molecule has 1 aliphatic heterocycles. The van der Waals surface area contributed by atoms with Gasteiger partial charge >= 0.3 is 0 Å². The Balaban J connectivity index is 2.45. The summed E-state index contributed by atoms with van der Waals surface area (Å²) in [5, 5.41) is 0. The van der Waals surface area contributed by atoms with E-state index in [2.05, 4.69) is 32.6 Å². The molecule has 1 heterocycles. The van der Waals surface area contributed by atoms with Crippen LogP contribution in [0.15, 0.2) is 0 Å². The van der Waals surface area contributed by atoms with E-state index in [4.69, 9.17) is 0 Å². The molecule has 0 bridgehead atoms. The normalized spacial score (nSPS) is 32.8. The molecule has 72 valence electrons. The zero-order valence-electron chi connectivity index (χ0n) is 9.01. The van der Waals surface area contributed by atoms with Crippen LogP contribution in [0.25, 0.3) is 0 Å². The molecule has 0 radical (unpaired) electrons. The second kappa shape index (κ2) is 4.27. The predicted molar refractivity (Wildman–Crippen MR) is 54.2 cm³/mol. The van der Waals surface area contributed by atoms with Crippen molar-refractivity contribution in [2.24, 2.45) is 17.8 Å². The fourth-order valence-electron chi connectivity index (χ4n) is 2.25. The van der Waals surface area contributed by atoms with Crippen molar-refractivity contribution in [2.75, 3.05) is 19.6 Å². The van der Waals surface area contributed by atoms with Crippen molar-refractivity contribution in [1.29, 1.82) is 0 Å². The van der Waals surface area contributed by atoms with Crippen LogP contribution < -0.4 is 0 Å². The van der Waals surface area contributed by atoms with Gasteiger partial charge in [0.25, 0.3) is 0 Å². The lowest BCUT2D eigenvalue weighted by atomic mass is 9.83. The average Bonchev–Trinajstić information content (AvgIpc) is 2.03. The van der Waals surface area contributed by atoms with Gasteiger partial charge in [-0.3, -0.25) is 0 Å². The minimum absolute atomic E-state index is 0.863. The zero-order chi connectivity index (χ0) is 9.14. The Morgan fingerprint density at radius 1 is 1.33 bits per heavy atom. The molecule has 1 nitrogen and oxygen atoms in total. The van der Waals surface area contributed by atoms with Gasteiger partial charge in [0.1, 0.15) is 0 Å². The maximum Gasteiger partial charge on any atom is 0.00122 e. The van der Waals surface area contributed by atoms with Crippen molar-refractivity contribution in [1.82, 2.24) is 4.90 Å². The van der Waals surface area contributed by atoms with E-state index in [-0.39, 0.29) is 0 Å². The van der Waals surface area contributed by atoms with E-state index in [1.54, 1.807) is 0 Å². The largest absolute Gasteiger partial charge is 0.303 e. The van der Waals surface area contributed by atoms with Gasteiger partial charge in [-0.05, 0) is 30.7 Å². The molecule has 12 heavy (non-hydrogen) atoms. The Hall–Kier alpha value is -0.0400. The first-order valence-electron chi connectivity index (χ1n) is 5.35. The summed E-state index contributed by atoms with van der Waals surface area (Å²) >= 11 is 0. The molecule has 2 atom stereocenters. The highest BCUT2D eigenvalue weighted by molar-refractivity contribution is 4.77. The molecule has 0 aromatic carbocycles. The van der Waals surface area contributed by atoms with Crippen LogP contribution in [0.3, 0.4) is 0 Å². The van der Waals surface area contributed by atoms with Crippen LogP contribution in [0.4, 0.5) is 0 Å². The number of nitrogens with zero attached hydrogens (tertiary/aromatic N) is 1. The summed E-state index contributed by atoms with van der Waals surface area (Å²) in [6.45, 7) is 13.3. The van der Waals surface area contributed by atoms with Crippen LogP contribution in [0.2, 0.25) is 0 Å². The summed E-state index contributed by atoms with van der Waals surface area (Å²) < 4.78 is 0. The molecule has 0 aliphatic carbocycles. The highest BCUT2D eigenvalue weighted by atomic mass is 15.1. The molecule has 0 N–H and O–H groups in total. The van der Waals surface area contributed by atoms with E-state index in [1.807, 2.05) is 0 Å². The number of hydrogen-bond donors (Lipinski definition) is 0. The van der Waals surface area contributed by atoms with Crippen molar-refractivity contribution in [3.8, 4) is 0 Å². The maximum absolute atomic E-state index is 2.60. The van der Waals surface area contributed by atoms with E-state index in [9.17, 15) is 0 Å². The first-order valence-corrected chi connectivity index (χ1v) is 5.35. The number of likely N-dealkylation sites (tertiary alicyclic amines) is 1. The molecular weight excluding hydrogens is 146 g/mol.